The number of hydrogen-bond donors (Lipinski definition) is 3. The number of nitrogens with zero attached hydrogens (tertiary/aromatic N) is 2. The number of rotatable bonds is 9. The van der Waals surface area contributed by atoms with Gasteiger partial charge in [0.2, 0.25) is 5.91 Å². The van der Waals surface area contributed by atoms with Gasteiger partial charge < -0.3 is 20.6 Å². The van der Waals surface area contributed by atoms with E-state index in [1.54, 1.807) is 0 Å². The SMILES string of the molecule is O=C(NC[C@@H](C(=O)O)c1ccc2c(c1)CCCC2)[C@@H]1CCCN(CCCc2ccc3c(n2)NCCC3)C1. The van der Waals surface area contributed by atoms with Gasteiger partial charge in [0.1, 0.15) is 5.82 Å². The molecule has 37 heavy (non-hydrogen) atoms. The van der Waals surface area contributed by atoms with Gasteiger partial charge in [-0.1, -0.05) is 24.3 Å². The molecule has 1 aliphatic carbocycles. The van der Waals surface area contributed by atoms with Crippen LogP contribution in [0.5, 0.6) is 0 Å². The number of carbonyl (C=O) groups excluding carboxylic acids is 1. The lowest BCUT2D eigenvalue weighted by atomic mass is 9.87. The van der Waals surface area contributed by atoms with Gasteiger partial charge in [0, 0.05) is 25.3 Å². The van der Waals surface area contributed by atoms with Crippen LogP contribution >= 0.6 is 0 Å². The standard InChI is InChI=1S/C30H40N4O3/c35-29(32-19-27(30(36)37)24-12-11-21-6-1-2-7-23(21)18-24)25-9-4-16-34(20-25)17-5-10-26-14-13-22-8-3-15-31-28(22)33-26/h11-14,18,25,27H,1-10,15-17,19-20H2,(H,31,33)(H,32,35)(H,36,37)/t25-,27-/m1/s1. The van der Waals surface area contributed by atoms with Crippen LogP contribution in [-0.2, 0) is 35.3 Å². The number of anilines is 1. The topological polar surface area (TPSA) is 94.6 Å². The van der Waals surface area contributed by atoms with Crippen molar-refractivity contribution >= 4 is 17.7 Å². The van der Waals surface area contributed by atoms with Crippen LogP contribution in [0.2, 0.25) is 0 Å². The Morgan fingerprint density at radius 2 is 1.86 bits per heavy atom. The van der Waals surface area contributed by atoms with E-state index in [4.69, 9.17) is 4.98 Å². The van der Waals surface area contributed by atoms with Gasteiger partial charge in [0.05, 0.1) is 11.8 Å². The molecule has 7 nitrogen and oxygen atoms in total. The lowest BCUT2D eigenvalue weighted by Crippen LogP contribution is -2.44. The highest BCUT2D eigenvalue weighted by Gasteiger charge is 2.28. The Balaban J connectivity index is 1.10. The number of likely N-dealkylation sites (tertiary alicyclic amines) is 1. The van der Waals surface area contributed by atoms with Gasteiger partial charge in [-0.3, -0.25) is 9.59 Å². The number of nitrogens with one attached hydrogen (secondary N) is 2. The molecular formula is C30H40N4O3. The summed E-state index contributed by atoms with van der Waals surface area (Å²) in [5.41, 5.74) is 5.85. The quantitative estimate of drug-likeness (QED) is 0.479. The summed E-state index contributed by atoms with van der Waals surface area (Å²) in [6, 6.07) is 10.4. The van der Waals surface area contributed by atoms with E-state index in [9.17, 15) is 14.7 Å². The molecule has 3 N–H and O–H groups in total. The molecular weight excluding hydrogens is 464 g/mol. The highest BCUT2D eigenvalue weighted by atomic mass is 16.4. The van der Waals surface area contributed by atoms with Gasteiger partial charge in [0.15, 0.2) is 0 Å². The van der Waals surface area contributed by atoms with Crippen molar-refractivity contribution in [3.8, 4) is 0 Å². The normalized spacial score (nSPS) is 20.3. The van der Waals surface area contributed by atoms with Crippen LogP contribution in [0.25, 0.3) is 0 Å². The molecule has 0 spiro atoms. The van der Waals surface area contributed by atoms with E-state index in [0.717, 1.165) is 94.6 Å². The number of carboxylic acids is 1. The number of pyridine rings is 1. The van der Waals surface area contributed by atoms with Crippen LogP contribution in [0, 0.1) is 5.92 Å². The van der Waals surface area contributed by atoms with Gasteiger partial charge in [-0.15, -0.1) is 0 Å². The monoisotopic (exact) mass is 504 g/mol. The first kappa shape index (κ1) is 25.7. The lowest BCUT2D eigenvalue weighted by Gasteiger charge is -2.32. The van der Waals surface area contributed by atoms with Crippen LogP contribution in [0.15, 0.2) is 30.3 Å². The molecule has 0 radical (unpaired) electrons. The highest BCUT2D eigenvalue weighted by molar-refractivity contribution is 5.81. The fourth-order valence-corrected chi connectivity index (χ4v) is 6.13. The van der Waals surface area contributed by atoms with Gasteiger partial charge in [-0.05, 0) is 106 Å². The Morgan fingerprint density at radius 3 is 2.73 bits per heavy atom. The summed E-state index contributed by atoms with van der Waals surface area (Å²) in [5, 5.41) is 16.3. The van der Waals surface area contributed by atoms with Gasteiger partial charge in [-0.25, -0.2) is 4.98 Å². The predicted molar refractivity (Wildman–Crippen MR) is 145 cm³/mol. The second-order valence-electron chi connectivity index (χ2n) is 11.0. The minimum Gasteiger partial charge on any atom is -0.481 e. The zero-order chi connectivity index (χ0) is 25.6. The van der Waals surface area contributed by atoms with Crippen molar-refractivity contribution < 1.29 is 14.7 Å². The van der Waals surface area contributed by atoms with Crippen molar-refractivity contribution in [3.63, 3.8) is 0 Å². The van der Waals surface area contributed by atoms with Crippen molar-refractivity contribution in [3.05, 3.63) is 58.3 Å². The van der Waals surface area contributed by atoms with Crippen molar-refractivity contribution in [2.45, 2.75) is 70.1 Å². The van der Waals surface area contributed by atoms with Crippen LogP contribution < -0.4 is 10.6 Å². The Morgan fingerprint density at radius 1 is 1.05 bits per heavy atom. The Labute approximate surface area is 220 Å². The molecule has 2 atom stereocenters. The summed E-state index contributed by atoms with van der Waals surface area (Å²) in [6.45, 7) is 3.84. The fraction of sp³-hybridized carbons (Fsp3) is 0.567. The number of aryl methyl sites for hydroxylation is 4. The van der Waals surface area contributed by atoms with E-state index in [2.05, 4.69) is 39.8 Å². The number of carbonyl (C=O) groups is 2. The van der Waals surface area contributed by atoms with Crippen molar-refractivity contribution in [2.75, 3.05) is 38.0 Å². The van der Waals surface area contributed by atoms with E-state index >= 15 is 0 Å². The average Bonchev–Trinajstić information content (AvgIpc) is 2.93. The third-order valence-corrected chi connectivity index (χ3v) is 8.29. The summed E-state index contributed by atoms with van der Waals surface area (Å²) >= 11 is 0. The molecule has 1 fully saturated rings. The van der Waals surface area contributed by atoms with E-state index in [-0.39, 0.29) is 18.4 Å². The minimum absolute atomic E-state index is 0.0173. The van der Waals surface area contributed by atoms with E-state index in [1.807, 2.05) is 6.07 Å². The molecule has 198 valence electrons. The first-order chi connectivity index (χ1) is 18.1. The summed E-state index contributed by atoms with van der Waals surface area (Å²) in [5.74, 6) is -0.649. The predicted octanol–water partition coefficient (Wildman–Crippen LogP) is 3.95. The molecule has 3 heterocycles. The molecule has 0 saturated carbocycles. The maximum Gasteiger partial charge on any atom is 0.312 e. The molecule has 7 heteroatoms. The van der Waals surface area contributed by atoms with E-state index in [0.29, 0.717) is 0 Å². The minimum atomic E-state index is -0.882. The Bertz CT molecular complexity index is 1120. The van der Waals surface area contributed by atoms with E-state index in [1.165, 1.54) is 29.5 Å². The molecule has 2 aromatic rings. The molecule has 0 unspecified atom stereocenters. The van der Waals surface area contributed by atoms with Gasteiger partial charge >= 0.3 is 5.97 Å². The number of aliphatic carboxylic acids is 1. The summed E-state index contributed by atoms with van der Waals surface area (Å²) < 4.78 is 0. The average molecular weight is 505 g/mol. The van der Waals surface area contributed by atoms with Crippen molar-refractivity contribution in [1.82, 2.24) is 15.2 Å². The number of aromatic nitrogens is 1. The second-order valence-corrected chi connectivity index (χ2v) is 11.0. The number of piperidine rings is 1. The summed E-state index contributed by atoms with van der Waals surface area (Å²) in [7, 11) is 0. The van der Waals surface area contributed by atoms with Gasteiger partial charge in [0.25, 0.3) is 0 Å². The number of carboxylic acid groups (broad SMARTS) is 1. The number of fused-ring (bicyclic) bond motifs is 2. The van der Waals surface area contributed by atoms with Crippen LogP contribution in [0.1, 0.15) is 72.4 Å². The molecule has 5 rings (SSSR count). The van der Waals surface area contributed by atoms with Gasteiger partial charge in [-0.2, -0.15) is 0 Å². The third kappa shape index (κ3) is 6.50. The fourth-order valence-electron chi connectivity index (χ4n) is 6.13. The van der Waals surface area contributed by atoms with Crippen molar-refractivity contribution in [2.24, 2.45) is 5.92 Å². The maximum atomic E-state index is 13.0. The van der Waals surface area contributed by atoms with E-state index < -0.39 is 11.9 Å². The molecule has 1 aromatic heterocycles. The number of amides is 1. The third-order valence-electron chi connectivity index (χ3n) is 8.29. The van der Waals surface area contributed by atoms with Crippen LogP contribution in [0.3, 0.4) is 0 Å². The highest BCUT2D eigenvalue weighted by Crippen LogP contribution is 2.26. The van der Waals surface area contributed by atoms with Crippen LogP contribution in [0.4, 0.5) is 5.82 Å². The maximum absolute atomic E-state index is 13.0. The first-order valence-corrected chi connectivity index (χ1v) is 14.1. The summed E-state index contributed by atoms with van der Waals surface area (Å²) in [4.78, 5) is 32.3. The Kier molecular flexibility index (Phi) is 8.39. The zero-order valence-electron chi connectivity index (χ0n) is 21.8. The molecule has 0 bridgehead atoms. The summed E-state index contributed by atoms with van der Waals surface area (Å²) in [6.07, 6.45) is 10.5. The van der Waals surface area contributed by atoms with Crippen LogP contribution in [-0.4, -0.2) is 59.6 Å². The molecule has 1 saturated heterocycles. The lowest BCUT2D eigenvalue weighted by molar-refractivity contribution is -0.138. The molecule has 3 aliphatic rings. The molecule has 1 amide bonds. The Hall–Kier alpha value is -2.93. The van der Waals surface area contributed by atoms with Crippen molar-refractivity contribution in [1.29, 1.82) is 0 Å². The molecule has 1 aromatic carbocycles. The second kappa shape index (κ2) is 12.1. The number of benzene rings is 1. The smallest absolute Gasteiger partial charge is 0.312 e. The molecule has 2 aliphatic heterocycles. The largest absolute Gasteiger partial charge is 0.481 e. The zero-order valence-corrected chi connectivity index (χ0v) is 21.8. The first-order valence-electron chi connectivity index (χ1n) is 14.1. The number of hydrogen-bond acceptors (Lipinski definition) is 5.